The van der Waals surface area contributed by atoms with E-state index in [1.54, 1.807) is 30.1 Å². The minimum absolute atomic E-state index is 0.143. The number of hydrogen-bond donors (Lipinski definition) is 2. The SMILES string of the molecule is CN(c1ccc(F)cc1)c1ccc(S(=O)(=O)NC2(C)CC2)cc1N. The molecule has 0 amide bonds. The van der Waals surface area contributed by atoms with Gasteiger partial charge in [-0.2, -0.15) is 0 Å². The molecular formula is C17H20FN3O2S. The molecule has 0 atom stereocenters. The molecule has 0 aliphatic heterocycles. The smallest absolute Gasteiger partial charge is 0.241 e. The minimum Gasteiger partial charge on any atom is -0.397 e. The normalized spacial score (nSPS) is 16.0. The van der Waals surface area contributed by atoms with E-state index in [-0.39, 0.29) is 16.3 Å². The molecule has 24 heavy (non-hydrogen) atoms. The van der Waals surface area contributed by atoms with Gasteiger partial charge in [0.25, 0.3) is 0 Å². The lowest BCUT2D eigenvalue weighted by Gasteiger charge is -2.22. The van der Waals surface area contributed by atoms with Gasteiger partial charge < -0.3 is 10.6 Å². The van der Waals surface area contributed by atoms with Crippen molar-refractivity contribution in [3.8, 4) is 0 Å². The first-order chi connectivity index (χ1) is 11.2. The predicted octanol–water partition coefficient (Wildman–Crippen LogP) is 3.01. The molecule has 1 aliphatic carbocycles. The zero-order valence-corrected chi connectivity index (χ0v) is 14.4. The second-order valence-electron chi connectivity index (χ2n) is 6.42. The topological polar surface area (TPSA) is 75.4 Å². The third kappa shape index (κ3) is 3.37. The Hall–Kier alpha value is -2.12. The monoisotopic (exact) mass is 349 g/mol. The predicted molar refractivity (Wildman–Crippen MR) is 93.3 cm³/mol. The average molecular weight is 349 g/mol. The summed E-state index contributed by atoms with van der Waals surface area (Å²) in [6.07, 6.45) is 1.68. The zero-order valence-electron chi connectivity index (χ0n) is 13.6. The van der Waals surface area contributed by atoms with Gasteiger partial charge in [0.15, 0.2) is 0 Å². The molecule has 128 valence electrons. The van der Waals surface area contributed by atoms with E-state index in [0.717, 1.165) is 18.5 Å². The van der Waals surface area contributed by atoms with Crippen molar-refractivity contribution >= 4 is 27.1 Å². The van der Waals surface area contributed by atoms with E-state index in [1.807, 2.05) is 6.92 Å². The van der Waals surface area contributed by atoms with Crippen molar-refractivity contribution in [2.45, 2.75) is 30.2 Å². The van der Waals surface area contributed by atoms with Crippen LogP contribution < -0.4 is 15.4 Å². The van der Waals surface area contributed by atoms with E-state index in [1.165, 1.54) is 24.3 Å². The molecule has 3 N–H and O–H groups in total. The molecule has 3 rings (SSSR count). The highest BCUT2D eigenvalue weighted by molar-refractivity contribution is 7.89. The fourth-order valence-corrected chi connectivity index (χ4v) is 3.98. The van der Waals surface area contributed by atoms with Crippen LogP contribution in [0.1, 0.15) is 19.8 Å². The highest BCUT2D eigenvalue weighted by atomic mass is 32.2. The Bertz CT molecular complexity index is 862. The summed E-state index contributed by atoms with van der Waals surface area (Å²) in [7, 11) is -1.80. The van der Waals surface area contributed by atoms with Crippen LogP contribution in [0.5, 0.6) is 0 Å². The summed E-state index contributed by atoms with van der Waals surface area (Å²) < 4.78 is 40.6. The standard InChI is InChI=1S/C17H20FN3O2S/c1-17(9-10-17)20-24(22,23)14-7-8-16(15(19)11-14)21(2)13-5-3-12(18)4-6-13/h3-8,11,20H,9-10,19H2,1-2H3. The summed E-state index contributed by atoms with van der Waals surface area (Å²) >= 11 is 0. The van der Waals surface area contributed by atoms with Crippen LogP contribution in [0.25, 0.3) is 0 Å². The molecule has 7 heteroatoms. The number of halogens is 1. The number of nitrogens with zero attached hydrogens (tertiary/aromatic N) is 1. The van der Waals surface area contributed by atoms with Gasteiger partial charge in [-0.15, -0.1) is 0 Å². The summed E-state index contributed by atoms with van der Waals surface area (Å²) in [6, 6.07) is 10.6. The van der Waals surface area contributed by atoms with Crippen LogP contribution in [0.3, 0.4) is 0 Å². The Morgan fingerprint density at radius 1 is 1.17 bits per heavy atom. The Morgan fingerprint density at radius 3 is 2.33 bits per heavy atom. The Labute approximate surface area is 141 Å². The Balaban J connectivity index is 1.88. The zero-order chi connectivity index (χ0) is 17.5. The number of nitrogen functional groups attached to an aromatic ring is 1. The minimum atomic E-state index is -3.59. The lowest BCUT2D eigenvalue weighted by molar-refractivity contribution is 0.558. The molecule has 2 aromatic rings. The van der Waals surface area contributed by atoms with Gasteiger partial charge in [-0.3, -0.25) is 0 Å². The molecule has 1 fully saturated rings. The number of rotatable bonds is 5. The van der Waals surface area contributed by atoms with Crippen LogP contribution >= 0.6 is 0 Å². The number of anilines is 3. The summed E-state index contributed by atoms with van der Waals surface area (Å²) in [5, 5.41) is 0. The van der Waals surface area contributed by atoms with Crippen molar-refractivity contribution in [1.29, 1.82) is 0 Å². The van der Waals surface area contributed by atoms with Crippen LogP contribution in [0.4, 0.5) is 21.5 Å². The summed E-state index contributed by atoms with van der Waals surface area (Å²) in [4.78, 5) is 1.92. The molecular weight excluding hydrogens is 329 g/mol. The molecule has 1 saturated carbocycles. The van der Waals surface area contributed by atoms with Gasteiger partial charge in [-0.25, -0.2) is 17.5 Å². The Kier molecular flexibility index (Phi) is 4.01. The lowest BCUT2D eigenvalue weighted by atomic mass is 10.2. The highest BCUT2D eigenvalue weighted by Crippen LogP contribution is 2.37. The maximum atomic E-state index is 13.0. The van der Waals surface area contributed by atoms with Crippen LogP contribution in [-0.4, -0.2) is 21.0 Å². The summed E-state index contributed by atoms with van der Waals surface area (Å²) in [5.74, 6) is -0.318. The molecule has 0 unspecified atom stereocenters. The van der Waals surface area contributed by atoms with E-state index in [2.05, 4.69) is 4.72 Å². The molecule has 0 radical (unpaired) electrons. The van der Waals surface area contributed by atoms with Crippen LogP contribution in [0.15, 0.2) is 47.4 Å². The van der Waals surface area contributed by atoms with Gasteiger partial charge >= 0.3 is 0 Å². The fourth-order valence-electron chi connectivity index (χ4n) is 2.48. The number of nitrogens with two attached hydrogens (primary N) is 1. The van der Waals surface area contributed by atoms with Crippen molar-refractivity contribution in [3.05, 3.63) is 48.3 Å². The third-order valence-corrected chi connectivity index (χ3v) is 5.90. The van der Waals surface area contributed by atoms with Gasteiger partial charge in [0.2, 0.25) is 10.0 Å². The van der Waals surface area contributed by atoms with E-state index in [0.29, 0.717) is 11.4 Å². The maximum absolute atomic E-state index is 13.0. The molecule has 1 aliphatic rings. The third-order valence-electron chi connectivity index (χ3n) is 4.27. The fraction of sp³-hybridized carbons (Fsp3) is 0.294. The highest BCUT2D eigenvalue weighted by Gasteiger charge is 2.41. The number of nitrogens with one attached hydrogen (secondary N) is 1. The van der Waals surface area contributed by atoms with Crippen molar-refractivity contribution in [2.24, 2.45) is 0 Å². The van der Waals surface area contributed by atoms with Crippen LogP contribution in [-0.2, 0) is 10.0 Å². The van der Waals surface area contributed by atoms with Gasteiger partial charge in [-0.05, 0) is 62.2 Å². The molecule has 5 nitrogen and oxygen atoms in total. The largest absolute Gasteiger partial charge is 0.397 e. The van der Waals surface area contributed by atoms with E-state index in [9.17, 15) is 12.8 Å². The molecule has 0 aromatic heterocycles. The number of sulfonamides is 1. The molecule has 0 saturated heterocycles. The van der Waals surface area contributed by atoms with Crippen molar-refractivity contribution in [2.75, 3.05) is 17.7 Å². The number of hydrogen-bond acceptors (Lipinski definition) is 4. The molecule has 0 spiro atoms. The first-order valence-corrected chi connectivity index (χ1v) is 9.11. The quantitative estimate of drug-likeness (QED) is 0.814. The maximum Gasteiger partial charge on any atom is 0.241 e. The van der Waals surface area contributed by atoms with Gasteiger partial charge in [0.1, 0.15) is 5.82 Å². The van der Waals surface area contributed by atoms with Crippen LogP contribution in [0.2, 0.25) is 0 Å². The molecule has 0 bridgehead atoms. The first kappa shape index (κ1) is 16.7. The number of benzene rings is 2. The van der Waals surface area contributed by atoms with E-state index >= 15 is 0 Å². The second-order valence-corrected chi connectivity index (χ2v) is 8.10. The van der Waals surface area contributed by atoms with Crippen molar-refractivity contribution in [3.63, 3.8) is 0 Å². The molecule has 2 aromatic carbocycles. The van der Waals surface area contributed by atoms with Crippen molar-refractivity contribution in [1.82, 2.24) is 4.72 Å². The average Bonchev–Trinajstić information content (AvgIpc) is 3.23. The van der Waals surface area contributed by atoms with Gasteiger partial charge in [0, 0.05) is 18.3 Å². The molecule has 0 heterocycles. The summed E-state index contributed by atoms with van der Waals surface area (Å²) in [6.45, 7) is 1.88. The van der Waals surface area contributed by atoms with Gasteiger partial charge in [-0.1, -0.05) is 0 Å². The second kappa shape index (κ2) is 5.75. The van der Waals surface area contributed by atoms with E-state index < -0.39 is 10.0 Å². The van der Waals surface area contributed by atoms with Gasteiger partial charge in [0.05, 0.1) is 16.3 Å². The van der Waals surface area contributed by atoms with Crippen LogP contribution in [0, 0.1) is 5.82 Å². The first-order valence-electron chi connectivity index (χ1n) is 7.63. The van der Waals surface area contributed by atoms with E-state index in [4.69, 9.17) is 5.73 Å². The Morgan fingerprint density at radius 2 is 1.79 bits per heavy atom. The lowest BCUT2D eigenvalue weighted by Crippen LogP contribution is -2.34. The van der Waals surface area contributed by atoms with Crippen molar-refractivity contribution < 1.29 is 12.8 Å². The summed E-state index contributed by atoms with van der Waals surface area (Å²) in [5.41, 5.74) is 7.46.